The zero-order valence-corrected chi connectivity index (χ0v) is 14.2. The molecule has 0 fully saturated rings. The van der Waals surface area contributed by atoms with E-state index < -0.39 is 0 Å². The molecule has 0 aliphatic heterocycles. The second-order valence-corrected chi connectivity index (χ2v) is 8.07. The third-order valence-electron chi connectivity index (χ3n) is 4.54. The Morgan fingerprint density at radius 3 is 2.85 bits per heavy atom. The molecule has 0 heterocycles. The van der Waals surface area contributed by atoms with Gasteiger partial charge in [-0.15, -0.1) is 0 Å². The zero-order valence-electron chi connectivity index (χ0n) is 13.4. The maximum atomic E-state index is 3.91. The lowest BCUT2D eigenvalue weighted by Gasteiger charge is -2.42. The van der Waals surface area contributed by atoms with Gasteiger partial charge < -0.3 is 5.32 Å². The van der Waals surface area contributed by atoms with Gasteiger partial charge in [0.15, 0.2) is 0 Å². The number of hydrogen-bond donors (Lipinski definition) is 1. The van der Waals surface area contributed by atoms with E-state index >= 15 is 0 Å². The molecule has 1 aliphatic carbocycles. The molecule has 2 unspecified atom stereocenters. The molecule has 1 N–H and O–H groups in total. The van der Waals surface area contributed by atoms with Gasteiger partial charge >= 0.3 is 0 Å². The molecule has 0 amide bonds. The summed E-state index contributed by atoms with van der Waals surface area (Å²) in [5, 5.41) is 3.91. The van der Waals surface area contributed by atoms with Gasteiger partial charge in [0.2, 0.25) is 0 Å². The average Bonchev–Trinajstić information content (AvgIpc) is 2.42. The lowest BCUT2D eigenvalue weighted by atomic mass is 9.70. The van der Waals surface area contributed by atoms with Gasteiger partial charge in [0, 0.05) is 12.1 Å². The second kappa shape index (κ2) is 7.00. The fraction of sp³-hybridized carbons (Fsp3) is 0.667. The minimum Gasteiger partial charge on any atom is -0.307 e. The van der Waals surface area contributed by atoms with Gasteiger partial charge in [-0.2, -0.15) is 11.8 Å². The fourth-order valence-electron chi connectivity index (χ4n) is 3.15. The number of fused-ring (bicyclic) bond motifs is 1. The predicted molar refractivity (Wildman–Crippen MR) is 91.5 cm³/mol. The van der Waals surface area contributed by atoms with Crippen molar-refractivity contribution in [3.05, 3.63) is 35.4 Å². The molecule has 2 atom stereocenters. The van der Waals surface area contributed by atoms with Gasteiger partial charge in [-0.05, 0) is 54.2 Å². The first-order valence-electron chi connectivity index (χ1n) is 7.96. The predicted octanol–water partition coefficient (Wildman–Crippen LogP) is 4.82. The third-order valence-corrected chi connectivity index (χ3v) is 5.47. The molecule has 1 aromatic rings. The molecule has 0 bridgehead atoms. The van der Waals surface area contributed by atoms with Crippen molar-refractivity contribution in [2.24, 2.45) is 5.41 Å². The highest BCUT2D eigenvalue weighted by molar-refractivity contribution is 7.99. The summed E-state index contributed by atoms with van der Waals surface area (Å²) < 4.78 is 0. The maximum absolute atomic E-state index is 3.91. The van der Waals surface area contributed by atoms with Crippen LogP contribution in [0, 0.1) is 5.41 Å². The summed E-state index contributed by atoms with van der Waals surface area (Å²) >= 11 is 2.04. The lowest BCUT2D eigenvalue weighted by Crippen LogP contribution is -2.42. The molecule has 2 rings (SSSR count). The normalized spacial score (nSPS) is 22.3. The van der Waals surface area contributed by atoms with Gasteiger partial charge in [-0.25, -0.2) is 0 Å². The topological polar surface area (TPSA) is 12.0 Å². The van der Waals surface area contributed by atoms with Crippen molar-refractivity contribution in [2.45, 2.75) is 59.0 Å². The van der Waals surface area contributed by atoms with E-state index in [-0.39, 0.29) is 0 Å². The van der Waals surface area contributed by atoms with Gasteiger partial charge in [-0.3, -0.25) is 0 Å². The van der Waals surface area contributed by atoms with Gasteiger partial charge in [-0.1, -0.05) is 45.0 Å². The molecule has 20 heavy (non-hydrogen) atoms. The lowest BCUT2D eigenvalue weighted by molar-refractivity contribution is 0.195. The quantitative estimate of drug-likeness (QED) is 0.754. The summed E-state index contributed by atoms with van der Waals surface area (Å²) in [5.74, 6) is 2.49. The molecular formula is C18H29NS. The standard InChI is InChI=1S/C18H29NS/c1-5-20-13-11-14(2)19-17-16-9-7-6-8-15(16)10-12-18(17,3)4/h6-9,14,17,19H,5,10-13H2,1-4H3. The van der Waals surface area contributed by atoms with Crippen LogP contribution in [0.4, 0.5) is 0 Å². The van der Waals surface area contributed by atoms with Crippen LogP contribution in [0.15, 0.2) is 24.3 Å². The minimum atomic E-state index is 0.348. The largest absolute Gasteiger partial charge is 0.307 e. The summed E-state index contributed by atoms with van der Waals surface area (Å²) in [6, 6.07) is 10.1. The van der Waals surface area contributed by atoms with Crippen molar-refractivity contribution in [1.29, 1.82) is 0 Å². The van der Waals surface area contributed by atoms with Gasteiger partial charge in [0.05, 0.1) is 0 Å². The van der Waals surface area contributed by atoms with E-state index in [9.17, 15) is 0 Å². The molecule has 0 radical (unpaired) electrons. The monoisotopic (exact) mass is 291 g/mol. The van der Waals surface area contributed by atoms with Crippen molar-refractivity contribution in [3.63, 3.8) is 0 Å². The van der Waals surface area contributed by atoms with Crippen LogP contribution < -0.4 is 5.32 Å². The first-order valence-corrected chi connectivity index (χ1v) is 9.11. The molecule has 1 aromatic carbocycles. The molecular weight excluding hydrogens is 262 g/mol. The van der Waals surface area contributed by atoms with E-state index in [1.807, 2.05) is 11.8 Å². The molecule has 1 aliphatic rings. The Balaban J connectivity index is 2.08. The van der Waals surface area contributed by atoms with E-state index in [1.54, 1.807) is 5.56 Å². The van der Waals surface area contributed by atoms with Crippen molar-refractivity contribution in [3.8, 4) is 0 Å². The molecule has 0 spiro atoms. The Morgan fingerprint density at radius 2 is 2.10 bits per heavy atom. The Morgan fingerprint density at radius 1 is 1.35 bits per heavy atom. The molecule has 112 valence electrons. The summed E-state index contributed by atoms with van der Waals surface area (Å²) in [4.78, 5) is 0. The van der Waals surface area contributed by atoms with Crippen LogP contribution in [0.2, 0.25) is 0 Å². The SMILES string of the molecule is CCSCCC(C)NC1c2ccccc2CCC1(C)C. The number of nitrogens with one attached hydrogen (secondary N) is 1. The van der Waals surface area contributed by atoms with Crippen LogP contribution in [-0.2, 0) is 6.42 Å². The number of benzene rings is 1. The van der Waals surface area contributed by atoms with E-state index in [0.29, 0.717) is 17.5 Å². The number of aryl methyl sites for hydroxylation is 1. The van der Waals surface area contributed by atoms with Crippen LogP contribution in [0.3, 0.4) is 0 Å². The smallest absolute Gasteiger partial charge is 0.0376 e. The third kappa shape index (κ3) is 3.79. The number of thioether (sulfide) groups is 1. The Kier molecular flexibility index (Phi) is 5.57. The molecule has 0 aromatic heterocycles. The summed E-state index contributed by atoms with van der Waals surface area (Å²) in [6.45, 7) is 9.40. The van der Waals surface area contributed by atoms with E-state index in [2.05, 4.69) is 57.3 Å². The molecule has 2 heteroatoms. The van der Waals surface area contributed by atoms with Crippen molar-refractivity contribution in [1.82, 2.24) is 5.32 Å². The Bertz CT molecular complexity index is 427. The van der Waals surface area contributed by atoms with Gasteiger partial charge in [0.1, 0.15) is 0 Å². The van der Waals surface area contributed by atoms with Crippen molar-refractivity contribution < 1.29 is 0 Å². The van der Waals surface area contributed by atoms with E-state index in [4.69, 9.17) is 0 Å². The fourth-order valence-corrected chi connectivity index (χ4v) is 3.96. The van der Waals surface area contributed by atoms with Crippen LogP contribution >= 0.6 is 11.8 Å². The van der Waals surface area contributed by atoms with E-state index in [0.717, 1.165) is 0 Å². The summed E-state index contributed by atoms with van der Waals surface area (Å²) in [5.41, 5.74) is 3.42. The highest BCUT2D eigenvalue weighted by Crippen LogP contribution is 2.43. The van der Waals surface area contributed by atoms with Crippen LogP contribution in [-0.4, -0.2) is 17.5 Å². The van der Waals surface area contributed by atoms with Crippen LogP contribution in [0.1, 0.15) is 57.7 Å². The average molecular weight is 292 g/mol. The van der Waals surface area contributed by atoms with Crippen LogP contribution in [0.5, 0.6) is 0 Å². The molecule has 1 nitrogen and oxygen atoms in total. The van der Waals surface area contributed by atoms with E-state index in [1.165, 1.54) is 36.3 Å². The Hall–Kier alpha value is -0.470. The van der Waals surface area contributed by atoms with Crippen molar-refractivity contribution in [2.75, 3.05) is 11.5 Å². The summed E-state index contributed by atoms with van der Waals surface area (Å²) in [7, 11) is 0. The minimum absolute atomic E-state index is 0.348. The molecule has 0 saturated heterocycles. The zero-order chi connectivity index (χ0) is 14.6. The maximum Gasteiger partial charge on any atom is 0.0376 e. The van der Waals surface area contributed by atoms with Crippen molar-refractivity contribution >= 4 is 11.8 Å². The first kappa shape index (κ1) is 15.9. The Labute approximate surface area is 128 Å². The second-order valence-electron chi connectivity index (χ2n) is 6.67. The molecule has 0 saturated carbocycles. The highest BCUT2D eigenvalue weighted by Gasteiger charge is 2.35. The number of hydrogen-bond acceptors (Lipinski definition) is 2. The summed E-state index contributed by atoms with van der Waals surface area (Å²) in [6.07, 6.45) is 3.76. The van der Waals surface area contributed by atoms with Crippen LogP contribution in [0.25, 0.3) is 0 Å². The first-order chi connectivity index (χ1) is 9.54. The number of rotatable bonds is 6. The highest BCUT2D eigenvalue weighted by atomic mass is 32.2. The van der Waals surface area contributed by atoms with Gasteiger partial charge in [0.25, 0.3) is 0 Å².